The predicted octanol–water partition coefficient (Wildman–Crippen LogP) is 7.27. The van der Waals surface area contributed by atoms with E-state index in [1.807, 2.05) is 38.1 Å². The normalized spacial score (nSPS) is 10.9. The number of rotatable bonds is 13. The number of ketones is 1. The summed E-state index contributed by atoms with van der Waals surface area (Å²) in [6.07, 6.45) is 3.16. The van der Waals surface area contributed by atoms with E-state index < -0.39 is 5.97 Å². The maximum Gasteiger partial charge on any atom is 0.313 e. The second kappa shape index (κ2) is 14.5. The lowest BCUT2D eigenvalue weighted by Crippen LogP contribution is -2.09. The predicted molar refractivity (Wildman–Crippen MR) is 167 cm³/mol. The van der Waals surface area contributed by atoms with Crippen LogP contribution in [0.2, 0.25) is 0 Å². The van der Waals surface area contributed by atoms with Crippen LogP contribution in [0.3, 0.4) is 0 Å². The Labute approximate surface area is 253 Å². The van der Waals surface area contributed by atoms with Crippen LogP contribution in [0.25, 0.3) is 34.2 Å². The highest BCUT2D eigenvalue weighted by Crippen LogP contribution is 2.34. The lowest BCUT2D eigenvalue weighted by molar-refractivity contribution is -0.145. The zero-order valence-electron chi connectivity index (χ0n) is 25.6. The van der Waals surface area contributed by atoms with Crippen LogP contribution in [-0.2, 0) is 14.3 Å². The third kappa shape index (κ3) is 8.70. The topological polar surface area (TPSA) is 112 Å². The van der Waals surface area contributed by atoms with Gasteiger partial charge in [-0.1, -0.05) is 47.5 Å². The Morgan fingerprint density at radius 2 is 1.19 bits per heavy atom. The van der Waals surface area contributed by atoms with Gasteiger partial charge in [-0.15, -0.1) is 0 Å². The highest BCUT2D eigenvalue weighted by Gasteiger charge is 2.17. The number of unbranched alkanes of at least 4 members (excludes halogenated alkanes) is 3. The van der Waals surface area contributed by atoms with Crippen molar-refractivity contribution >= 4 is 11.8 Å². The molecule has 224 valence electrons. The number of phenols is 1. The zero-order chi connectivity index (χ0) is 30.9. The number of carbonyl (C=O) groups excluding carboxylic acids is 2. The molecule has 0 atom stereocenters. The molecule has 3 aromatic carbocycles. The molecule has 0 bridgehead atoms. The summed E-state index contributed by atoms with van der Waals surface area (Å²) >= 11 is 0. The summed E-state index contributed by atoms with van der Waals surface area (Å²) in [6.45, 7) is 10.4. The van der Waals surface area contributed by atoms with Crippen molar-refractivity contribution in [3.05, 3.63) is 76.9 Å². The van der Waals surface area contributed by atoms with Crippen molar-refractivity contribution in [2.24, 2.45) is 0 Å². The average molecular weight is 582 g/mol. The zero-order valence-corrected chi connectivity index (χ0v) is 25.6. The van der Waals surface area contributed by atoms with Crippen LogP contribution in [0.15, 0.2) is 54.6 Å². The summed E-state index contributed by atoms with van der Waals surface area (Å²) in [7, 11) is 0. The Morgan fingerprint density at radius 3 is 1.70 bits per heavy atom. The fraction of sp³-hybridized carbons (Fsp3) is 0.343. The number of esters is 1. The Hall–Kier alpha value is -4.59. The van der Waals surface area contributed by atoms with E-state index in [0.717, 1.165) is 59.1 Å². The van der Waals surface area contributed by atoms with E-state index in [1.54, 1.807) is 18.2 Å². The van der Waals surface area contributed by atoms with Crippen LogP contribution < -0.4 is 4.74 Å². The van der Waals surface area contributed by atoms with Crippen LogP contribution in [-0.4, -0.2) is 45.0 Å². The molecular weight excluding hydrogens is 542 g/mol. The third-order valence-electron chi connectivity index (χ3n) is 7.05. The molecule has 1 N–H and O–H groups in total. The van der Waals surface area contributed by atoms with E-state index in [4.69, 9.17) is 24.4 Å². The van der Waals surface area contributed by atoms with Crippen LogP contribution in [0.1, 0.15) is 61.3 Å². The lowest BCUT2D eigenvalue weighted by Gasteiger charge is -2.13. The van der Waals surface area contributed by atoms with Crippen molar-refractivity contribution in [1.82, 2.24) is 15.0 Å². The highest BCUT2D eigenvalue weighted by molar-refractivity contribution is 5.94. The van der Waals surface area contributed by atoms with Gasteiger partial charge in [0.2, 0.25) is 0 Å². The van der Waals surface area contributed by atoms with Gasteiger partial charge in [-0.2, -0.15) is 0 Å². The van der Waals surface area contributed by atoms with Gasteiger partial charge in [0.1, 0.15) is 23.7 Å². The molecule has 0 fully saturated rings. The number of benzene rings is 3. The molecule has 4 aromatic rings. The molecule has 0 amide bonds. The molecule has 4 rings (SSSR count). The molecule has 1 aromatic heterocycles. The average Bonchev–Trinajstić information content (AvgIpc) is 2.94. The Kier molecular flexibility index (Phi) is 10.6. The van der Waals surface area contributed by atoms with Gasteiger partial charge in [-0.25, -0.2) is 15.0 Å². The van der Waals surface area contributed by atoms with Crippen molar-refractivity contribution < 1.29 is 24.2 Å². The van der Waals surface area contributed by atoms with E-state index >= 15 is 0 Å². The van der Waals surface area contributed by atoms with Crippen LogP contribution in [0, 0.1) is 27.7 Å². The second-order valence-electron chi connectivity index (χ2n) is 11.0. The third-order valence-corrected chi connectivity index (χ3v) is 7.05. The van der Waals surface area contributed by atoms with Gasteiger partial charge in [0.25, 0.3) is 0 Å². The number of hydrogen-bond acceptors (Lipinski definition) is 8. The molecule has 0 aliphatic heterocycles. The Balaban J connectivity index is 1.46. The fourth-order valence-electron chi connectivity index (χ4n) is 4.84. The molecule has 8 nitrogen and oxygen atoms in total. The summed E-state index contributed by atoms with van der Waals surface area (Å²) in [4.78, 5) is 36.8. The molecule has 0 saturated heterocycles. The van der Waals surface area contributed by atoms with Crippen molar-refractivity contribution in [1.29, 1.82) is 0 Å². The van der Waals surface area contributed by atoms with E-state index in [-0.39, 0.29) is 18.0 Å². The maximum absolute atomic E-state index is 11.4. The summed E-state index contributed by atoms with van der Waals surface area (Å²) < 4.78 is 10.9. The number of Topliss-reactive ketones (excluding diaryl/α,β-unsaturated/α-hetero) is 1. The van der Waals surface area contributed by atoms with Gasteiger partial charge in [0.05, 0.1) is 18.8 Å². The number of aromatic nitrogens is 3. The molecule has 0 radical (unpaired) electrons. The maximum atomic E-state index is 11.4. The molecular formula is C35H39N3O5. The highest BCUT2D eigenvalue weighted by atomic mass is 16.5. The number of nitrogens with zero attached hydrogens (tertiary/aromatic N) is 3. The monoisotopic (exact) mass is 581 g/mol. The number of hydrogen-bond donors (Lipinski definition) is 1. The first-order chi connectivity index (χ1) is 20.6. The van der Waals surface area contributed by atoms with E-state index in [1.165, 1.54) is 6.92 Å². The first-order valence-corrected chi connectivity index (χ1v) is 14.6. The Morgan fingerprint density at radius 1 is 0.674 bits per heavy atom. The second-order valence-corrected chi connectivity index (χ2v) is 11.0. The summed E-state index contributed by atoms with van der Waals surface area (Å²) in [5.74, 6) is 1.38. The molecule has 0 aliphatic rings. The molecule has 43 heavy (non-hydrogen) atoms. The number of carbonyl (C=O) groups is 2. The van der Waals surface area contributed by atoms with E-state index in [0.29, 0.717) is 42.0 Å². The van der Waals surface area contributed by atoms with Gasteiger partial charge in [0.15, 0.2) is 17.5 Å². The summed E-state index contributed by atoms with van der Waals surface area (Å²) in [5.41, 5.74) is 6.75. The van der Waals surface area contributed by atoms with Crippen LogP contribution in [0.4, 0.5) is 0 Å². The minimum atomic E-state index is -0.473. The summed E-state index contributed by atoms with van der Waals surface area (Å²) in [6, 6.07) is 17.5. The van der Waals surface area contributed by atoms with Gasteiger partial charge in [-0.3, -0.25) is 9.59 Å². The standard InChI is InChI=1S/C35H39N3O5/c1-22-10-13-28(24(3)18-22)33-36-34(29-14-11-23(2)19-25(29)4)38-35(37-33)30-15-12-27(21-31(30)40)42-16-8-6-7-9-17-43-32(41)20-26(5)39/h10-15,18-19,21,40H,6-9,16-17,20H2,1-5H3. The molecule has 8 heteroatoms. The fourth-order valence-corrected chi connectivity index (χ4v) is 4.84. The molecule has 1 heterocycles. The first-order valence-electron chi connectivity index (χ1n) is 14.6. The van der Waals surface area contributed by atoms with E-state index in [2.05, 4.69) is 26.0 Å². The molecule has 0 aliphatic carbocycles. The first kappa shape index (κ1) is 31.3. The van der Waals surface area contributed by atoms with Gasteiger partial charge < -0.3 is 14.6 Å². The molecule has 0 spiro atoms. The molecule has 0 saturated carbocycles. The van der Waals surface area contributed by atoms with Crippen molar-refractivity contribution in [3.8, 4) is 45.7 Å². The molecule has 0 unspecified atom stereocenters. The quantitative estimate of drug-likeness (QED) is 0.0996. The number of aromatic hydroxyl groups is 1. The van der Waals surface area contributed by atoms with Crippen molar-refractivity contribution in [2.45, 2.75) is 66.7 Å². The van der Waals surface area contributed by atoms with E-state index in [9.17, 15) is 14.7 Å². The van der Waals surface area contributed by atoms with Gasteiger partial charge in [-0.05, 0) is 83.6 Å². The number of ether oxygens (including phenoxy) is 2. The van der Waals surface area contributed by atoms with Gasteiger partial charge >= 0.3 is 5.97 Å². The SMILES string of the molecule is CC(=O)CC(=O)OCCCCCCOc1ccc(-c2nc(-c3ccc(C)cc3C)nc(-c3ccc(C)cc3C)n2)c(O)c1. The van der Waals surface area contributed by atoms with Gasteiger partial charge in [0, 0.05) is 17.2 Å². The van der Waals surface area contributed by atoms with Crippen molar-refractivity contribution in [2.75, 3.05) is 13.2 Å². The van der Waals surface area contributed by atoms with Crippen molar-refractivity contribution in [3.63, 3.8) is 0 Å². The largest absolute Gasteiger partial charge is 0.507 e. The van der Waals surface area contributed by atoms with Crippen LogP contribution in [0.5, 0.6) is 11.5 Å². The summed E-state index contributed by atoms with van der Waals surface area (Å²) in [5, 5.41) is 11.0. The Bertz CT molecular complexity index is 1550. The smallest absolute Gasteiger partial charge is 0.313 e. The minimum Gasteiger partial charge on any atom is -0.507 e. The number of phenolic OH excluding ortho intramolecular Hbond substituents is 1. The number of aryl methyl sites for hydroxylation is 4. The minimum absolute atomic E-state index is 0.0224. The lowest BCUT2D eigenvalue weighted by atomic mass is 10.0. The van der Waals surface area contributed by atoms with Crippen LogP contribution >= 0.6 is 0 Å².